The molecule has 0 fully saturated rings. The summed E-state index contributed by atoms with van der Waals surface area (Å²) in [6, 6.07) is 15.1. The Morgan fingerprint density at radius 2 is 1.07 bits per heavy atom. The lowest BCUT2D eigenvalue weighted by Gasteiger charge is -2.11. The molecule has 0 unspecified atom stereocenters. The minimum absolute atomic E-state index is 0.0283. The van der Waals surface area contributed by atoms with Gasteiger partial charge in [0.2, 0.25) is 0 Å². The number of hydrogen-bond donors (Lipinski definition) is 6. The van der Waals surface area contributed by atoms with Crippen LogP contribution < -0.4 is 11.5 Å². The molecule has 0 aliphatic heterocycles. The van der Waals surface area contributed by atoms with E-state index in [0.717, 1.165) is 42.0 Å². The fourth-order valence-electron chi connectivity index (χ4n) is 4.98. The summed E-state index contributed by atoms with van der Waals surface area (Å²) in [4.78, 5) is -3.26. The summed E-state index contributed by atoms with van der Waals surface area (Å²) in [6.07, 6.45) is 0. The first-order chi connectivity index (χ1) is 27.2. The van der Waals surface area contributed by atoms with Gasteiger partial charge in [0.25, 0.3) is 30.4 Å². The van der Waals surface area contributed by atoms with E-state index in [1.807, 2.05) is 6.92 Å². The highest BCUT2D eigenvalue weighted by Crippen LogP contribution is 2.44. The normalized spacial score (nSPS) is 13.3. The van der Waals surface area contributed by atoms with Crippen LogP contribution in [0.5, 0.6) is 0 Å². The average molecular weight is 913 g/mol. The molecule has 0 aliphatic carbocycles. The van der Waals surface area contributed by atoms with Crippen molar-refractivity contribution in [1.29, 1.82) is 0 Å². The largest absolute Gasteiger partial charge is 0.397 e. The molecule has 5 rings (SSSR count). The Bertz CT molecular complexity index is 3180. The highest BCUT2D eigenvalue weighted by molar-refractivity contribution is 7.91. The lowest BCUT2D eigenvalue weighted by molar-refractivity contribution is 0.284. The summed E-state index contributed by atoms with van der Waals surface area (Å²) in [5, 5.41) is 23.7. The zero-order valence-electron chi connectivity index (χ0n) is 29.6. The maximum absolute atomic E-state index is 12.7. The van der Waals surface area contributed by atoms with Gasteiger partial charge in [0.05, 0.1) is 50.6 Å². The van der Waals surface area contributed by atoms with Crippen LogP contribution in [0.3, 0.4) is 0 Å². The molecular weight excluding hydrogens is 885 g/mol. The zero-order valence-corrected chi connectivity index (χ0v) is 33.7. The molecule has 0 amide bonds. The molecule has 8 N–H and O–H groups in total. The molecule has 5 aromatic rings. The number of sulfone groups is 1. The lowest BCUT2D eigenvalue weighted by atomic mass is 10.1. The van der Waals surface area contributed by atoms with Gasteiger partial charge in [-0.05, 0) is 67.6 Å². The van der Waals surface area contributed by atoms with E-state index in [9.17, 15) is 55.7 Å². The first-order valence-corrected chi connectivity index (χ1v) is 23.1. The van der Waals surface area contributed by atoms with Crippen molar-refractivity contribution >= 4 is 107 Å². The third kappa shape index (κ3) is 10.9. The summed E-state index contributed by atoms with van der Waals surface area (Å²) in [7, 11) is -24.5. The molecular formula is C31H28N8O15S5. The van der Waals surface area contributed by atoms with Gasteiger partial charge in [0.15, 0.2) is 9.84 Å². The highest BCUT2D eigenvalue weighted by Gasteiger charge is 2.25. The van der Waals surface area contributed by atoms with E-state index in [1.54, 1.807) is 24.3 Å². The summed E-state index contributed by atoms with van der Waals surface area (Å²) < 4.78 is 162. The predicted molar refractivity (Wildman–Crippen MR) is 208 cm³/mol. The number of nitrogens with zero attached hydrogens (tertiary/aromatic N) is 6. The maximum atomic E-state index is 12.7. The van der Waals surface area contributed by atoms with Gasteiger partial charge < -0.3 is 11.5 Å². The van der Waals surface area contributed by atoms with Gasteiger partial charge in [0, 0.05) is 10.8 Å². The third-order valence-corrected chi connectivity index (χ3v) is 12.6. The number of aryl methyl sites for hydroxylation is 1. The average Bonchev–Trinajstić information content (AvgIpc) is 3.12. The molecule has 0 bridgehead atoms. The van der Waals surface area contributed by atoms with Gasteiger partial charge in [-0.3, -0.25) is 18.2 Å². The smallest absolute Gasteiger partial charge is 0.396 e. The van der Waals surface area contributed by atoms with Crippen LogP contribution in [-0.2, 0) is 54.8 Å². The second-order valence-electron chi connectivity index (χ2n) is 11.9. The van der Waals surface area contributed by atoms with Crippen LogP contribution in [-0.4, -0.2) is 72.7 Å². The summed E-state index contributed by atoms with van der Waals surface area (Å²) in [5.41, 5.74) is 10.9. The molecule has 59 heavy (non-hydrogen) atoms. The monoisotopic (exact) mass is 912 g/mol. The molecule has 23 nitrogen and oxygen atoms in total. The van der Waals surface area contributed by atoms with E-state index < -0.39 is 105 Å². The van der Waals surface area contributed by atoms with Crippen molar-refractivity contribution in [3.05, 3.63) is 84.4 Å². The van der Waals surface area contributed by atoms with Crippen molar-refractivity contribution in [2.24, 2.45) is 30.7 Å². The topological polar surface area (TPSA) is 387 Å². The zero-order chi connectivity index (χ0) is 43.7. The number of hydrogen-bond acceptors (Lipinski definition) is 19. The van der Waals surface area contributed by atoms with Crippen LogP contribution >= 0.6 is 0 Å². The third-order valence-electron chi connectivity index (χ3n) is 7.82. The molecule has 0 radical (unpaired) electrons. The Kier molecular flexibility index (Phi) is 12.4. The maximum Gasteiger partial charge on any atom is 0.397 e. The highest BCUT2D eigenvalue weighted by atomic mass is 32.3. The Labute approximate surface area is 335 Å². The number of nitrogens with two attached hydrogens (primary N) is 2. The van der Waals surface area contributed by atoms with Gasteiger partial charge >= 0.3 is 10.4 Å². The fourth-order valence-corrected chi connectivity index (χ4v) is 8.35. The number of fused-ring (bicyclic) bond motifs is 1. The molecule has 0 heterocycles. The number of rotatable bonds is 14. The molecule has 0 saturated heterocycles. The van der Waals surface area contributed by atoms with E-state index in [1.165, 1.54) is 12.1 Å². The molecule has 0 spiro atoms. The number of benzene rings is 5. The quantitative estimate of drug-likeness (QED) is 0.0429. The Morgan fingerprint density at radius 3 is 1.64 bits per heavy atom. The van der Waals surface area contributed by atoms with Crippen molar-refractivity contribution < 1.29 is 64.5 Å². The van der Waals surface area contributed by atoms with Crippen molar-refractivity contribution in [2.45, 2.75) is 26.5 Å². The second-order valence-corrected chi connectivity index (χ2v) is 19.3. The van der Waals surface area contributed by atoms with E-state index in [4.69, 9.17) is 16.0 Å². The summed E-state index contributed by atoms with van der Waals surface area (Å²) >= 11 is 0. The van der Waals surface area contributed by atoms with Gasteiger partial charge in [-0.2, -0.15) is 38.8 Å². The predicted octanol–water partition coefficient (Wildman–Crippen LogP) is 5.89. The van der Waals surface area contributed by atoms with Crippen LogP contribution in [0.1, 0.15) is 5.56 Å². The van der Waals surface area contributed by atoms with Gasteiger partial charge in [-0.15, -0.1) is 25.6 Å². The van der Waals surface area contributed by atoms with Crippen LogP contribution in [0.15, 0.2) is 129 Å². The van der Waals surface area contributed by atoms with Crippen molar-refractivity contribution in [3.63, 3.8) is 0 Å². The minimum atomic E-state index is -5.20. The first-order valence-electron chi connectivity index (χ1n) is 15.8. The second kappa shape index (κ2) is 16.5. The molecule has 28 heteroatoms. The lowest BCUT2D eigenvalue weighted by Crippen LogP contribution is -2.16. The summed E-state index contributed by atoms with van der Waals surface area (Å²) in [5.74, 6) is -1.03. The fraction of sp³-hybridized carbons (Fsp3) is 0.0968. The van der Waals surface area contributed by atoms with Crippen molar-refractivity contribution in [2.75, 3.05) is 23.8 Å². The van der Waals surface area contributed by atoms with E-state index in [-0.39, 0.29) is 27.8 Å². The van der Waals surface area contributed by atoms with Crippen molar-refractivity contribution in [1.82, 2.24) is 0 Å². The molecule has 312 valence electrons. The Hall–Kier alpha value is -5.69. The summed E-state index contributed by atoms with van der Waals surface area (Å²) in [6.45, 7) is 0.795. The molecule has 0 aromatic heterocycles. The van der Waals surface area contributed by atoms with Crippen LogP contribution in [0, 0.1) is 6.92 Å². The van der Waals surface area contributed by atoms with Gasteiger partial charge in [0.1, 0.15) is 26.9 Å². The van der Waals surface area contributed by atoms with E-state index >= 15 is 0 Å². The Balaban J connectivity index is 1.60. The van der Waals surface area contributed by atoms with Crippen LogP contribution in [0.2, 0.25) is 0 Å². The minimum Gasteiger partial charge on any atom is -0.396 e. The standard InChI is InChI=1S/C31H28N8O15S5/c1-17-2-4-18(5-3-17)34-39-31-29(32)26(16-28(30(31)33)58(48,49)50)38-36-24-11-10-23(21-8-6-20(14-22(21)24)56(42,43)44)35-37-25-9-7-19(15-27(25)57(45,46)47)55(40,41)13-12-54-59(51,52)53/h2-11,14-16H,12-13,32-33H2,1H3,(H,42,43,44)(H,45,46,47)(H,48,49,50)(H,51,52,53). The van der Waals surface area contributed by atoms with Gasteiger partial charge in [-0.25, -0.2) is 12.6 Å². The number of azo groups is 3. The van der Waals surface area contributed by atoms with Gasteiger partial charge in [-0.1, -0.05) is 23.8 Å². The van der Waals surface area contributed by atoms with E-state index in [0.29, 0.717) is 11.8 Å². The first kappa shape index (κ1) is 44.4. The molecule has 0 atom stereocenters. The molecule has 0 saturated carbocycles. The molecule has 0 aliphatic rings. The number of nitrogen functional groups attached to an aromatic ring is 2. The van der Waals surface area contributed by atoms with Crippen molar-refractivity contribution in [3.8, 4) is 0 Å². The SMILES string of the molecule is Cc1ccc(N=Nc2c(N)c(N=Nc3ccc(N=Nc4ccc(S(=O)(=O)CCOS(=O)(=O)O)cc4S(=O)(=O)O)c4ccc(S(=O)(=O)O)cc34)cc(S(=O)(=O)O)c2N)cc1. The van der Waals surface area contributed by atoms with Crippen LogP contribution in [0.25, 0.3) is 10.8 Å². The Morgan fingerprint density at radius 1 is 0.525 bits per heavy atom. The molecule has 5 aromatic carbocycles. The number of anilines is 2. The van der Waals surface area contributed by atoms with Crippen LogP contribution in [0.4, 0.5) is 45.5 Å². The van der Waals surface area contributed by atoms with E-state index in [2.05, 4.69) is 34.9 Å².